The summed E-state index contributed by atoms with van der Waals surface area (Å²) >= 11 is 3.41. The summed E-state index contributed by atoms with van der Waals surface area (Å²) in [5.41, 5.74) is 5.37. The Bertz CT molecular complexity index is 689. The molecule has 120 valence electrons. The number of furan rings is 1. The first-order valence-electron chi connectivity index (χ1n) is 7.52. The van der Waals surface area contributed by atoms with Gasteiger partial charge in [-0.05, 0) is 42.7 Å². The average molecular weight is 377 g/mol. The van der Waals surface area contributed by atoms with Crippen molar-refractivity contribution in [1.29, 1.82) is 0 Å². The fourth-order valence-corrected chi connectivity index (χ4v) is 3.36. The van der Waals surface area contributed by atoms with Gasteiger partial charge in [-0.3, -0.25) is 20.4 Å². The maximum absolute atomic E-state index is 12.8. The monoisotopic (exact) mass is 376 g/mol. The molecule has 1 fully saturated rings. The summed E-state index contributed by atoms with van der Waals surface area (Å²) in [5, 5.41) is 0. The molecule has 1 heterocycles. The molecule has 0 radical (unpaired) electrons. The molecule has 0 bridgehead atoms. The van der Waals surface area contributed by atoms with Crippen LogP contribution in [0.3, 0.4) is 0 Å². The molecule has 0 saturated heterocycles. The normalized spacial score (nSPS) is 16.0. The minimum Gasteiger partial charge on any atom is -0.459 e. The van der Waals surface area contributed by atoms with Gasteiger partial charge in [0.25, 0.3) is 0 Å². The molecule has 23 heavy (non-hydrogen) atoms. The number of amides is 2. The standard InChI is InChI=1S/C17H17BrN2O3/c18-13-7-5-12(6-8-13)17(9-1-2-10-17)16(22)20-19-15(21)14-4-3-11-23-14/h3-8,11H,1-2,9-10H2,(H,19,21)(H,20,22). The Hall–Kier alpha value is -2.08. The van der Waals surface area contributed by atoms with E-state index >= 15 is 0 Å². The summed E-state index contributed by atoms with van der Waals surface area (Å²) in [7, 11) is 0. The second kappa shape index (κ2) is 6.58. The molecule has 5 nitrogen and oxygen atoms in total. The van der Waals surface area contributed by atoms with Gasteiger partial charge in [-0.15, -0.1) is 0 Å². The highest BCUT2D eigenvalue weighted by Gasteiger charge is 2.42. The summed E-state index contributed by atoms with van der Waals surface area (Å²) in [6.07, 6.45) is 4.95. The van der Waals surface area contributed by atoms with Gasteiger partial charge in [-0.2, -0.15) is 0 Å². The molecule has 2 N–H and O–H groups in total. The van der Waals surface area contributed by atoms with Gasteiger partial charge in [0.1, 0.15) is 0 Å². The van der Waals surface area contributed by atoms with E-state index in [1.165, 1.54) is 6.26 Å². The number of hydrogen-bond acceptors (Lipinski definition) is 3. The number of carbonyl (C=O) groups is 2. The predicted octanol–water partition coefficient (Wildman–Crippen LogP) is 3.32. The number of carbonyl (C=O) groups excluding carboxylic acids is 2. The molecule has 6 heteroatoms. The van der Waals surface area contributed by atoms with E-state index in [1.807, 2.05) is 24.3 Å². The molecule has 1 aliphatic rings. The lowest BCUT2D eigenvalue weighted by Gasteiger charge is -2.28. The number of hydrazine groups is 1. The van der Waals surface area contributed by atoms with Gasteiger partial charge in [0.15, 0.2) is 5.76 Å². The van der Waals surface area contributed by atoms with Crippen LogP contribution in [0.25, 0.3) is 0 Å². The third kappa shape index (κ3) is 3.17. The van der Waals surface area contributed by atoms with E-state index in [2.05, 4.69) is 26.8 Å². The Morgan fingerprint density at radius 3 is 2.35 bits per heavy atom. The van der Waals surface area contributed by atoms with Crippen molar-refractivity contribution in [2.24, 2.45) is 0 Å². The first-order chi connectivity index (χ1) is 11.1. The van der Waals surface area contributed by atoms with Crippen molar-refractivity contribution >= 4 is 27.7 Å². The number of halogens is 1. The van der Waals surface area contributed by atoms with E-state index in [-0.39, 0.29) is 11.7 Å². The van der Waals surface area contributed by atoms with E-state index in [4.69, 9.17) is 4.42 Å². The van der Waals surface area contributed by atoms with Gasteiger partial charge in [-0.1, -0.05) is 40.9 Å². The topological polar surface area (TPSA) is 71.3 Å². The first-order valence-corrected chi connectivity index (χ1v) is 8.31. The van der Waals surface area contributed by atoms with Crippen LogP contribution in [-0.4, -0.2) is 11.8 Å². The van der Waals surface area contributed by atoms with Crippen molar-refractivity contribution in [3.8, 4) is 0 Å². The van der Waals surface area contributed by atoms with Crippen molar-refractivity contribution in [2.45, 2.75) is 31.1 Å². The zero-order valence-corrected chi connectivity index (χ0v) is 14.1. The summed E-state index contributed by atoms with van der Waals surface area (Å²) in [4.78, 5) is 24.6. The minimum atomic E-state index is -0.586. The van der Waals surface area contributed by atoms with Gasteiger partial charge in [-0.25, -0.2) is 0 Å². The SMILES string of the molecule is O=C(NNC(=O)C1(c2ccc(Br)cc2)CCCC1)c1ccco1. The van der Waals surface area contributed by atoms with Gasteiger partial charge in [0, 0.05) is 4.47 Å². The van der Waals surface area contributed by atoms with E-state index in [0.717, 1.165) is 35.7 Å². The van der Waals surface area contributed by atoms with Crippen LogP contribution in [0.5, 0.6) is 0 Å². The fraction of sp³-hybridized carbons (Fsp3) is 0.294. The summed E-state index contributed by atoms with van der Waals surface area (Å²) in [6.45, 7) is 0. The molecule has 0 unspecified atom stereocenters. The van der Waals surface area contributed by atoms with Crippen LogP contribution in [-0.2, 0) is 10.2 Å². The molecule has 3 rings (SSSR count). The van der Waals surface area contributed by atoms with Crippen LogP contribution < -0.4 is 10.9 Å². The molecular formula is C17H17BrN2O3. The van der Waals surface area contributed by atoms with Crippen LogP contribution >= 0.6 is 15.9 Å². The van der Waals surface area contributed by atoms with Crippen molar-refractivity contribution in [3.05, 3.63) is 58.5 Å². The second-order valence-corrected chi connectivity index (χ2v) is 6.60. The number of nitrogens with one attached hydrogen (secondary N) is 2. The Kier molecular flexibility index (Phi) is 4.52. The third-order valence-electron chi connectivity index (χ3n) is 4.32. The average Bonchev–Trinajstić information content (AvgIpc) is 3.25. The summed E-state index contributed by atoms with van der Waals surface area (Å²) in [5.74, 6) is -0.487. The van der Waals surface area contributed by atoms with Crippen molar-refractivity contribution in [2.75, 3.05) is 0 Å². The summed E-state index contributed by atoms with van der Waals surface area (Å²) in [6, 6.07) is 11.0. The van der Waals surface area contributed by atoms with Gasteiger partial charge in [0.05, 0.1) is 11.7 Å². The zero-order valence-electron chi connectivity index (χ0n) is 12.5. The molecule has 2 aromatic rings. The summed E-state index contributed by atoms with van der Waals surface area (Å²) < 4.78 is 5.98. The van der Waals surface area contributed by atoms with Crippen LogP contribution in [0, 0.1) is 0 Å². The molecule has 1 saturated carbocycles. The van der Waals surface area contributed by atoms with E-state index in [9.17, 15) is 9.59 Å². The van der Waals surface area contributed by atoms with Crippen LogP contribution in [0.15, 0.2) is 51.6 Å². The Labute approximate surface area is 142 Å². The number of hydrogen-bond donors (Lipinski definition) is 2. The second-order valence-electron chi connectivity index (χ2n) is 5.68. The van der Waals surface area contributed by atoms with Gasteiger partial charge < -0.3 is 4.42 Å². The predicted molar refractivity (Wildman–Crippen MR) is 88.6 cm³/mol. The van der Waals surface area contributed by atoms with E-state index in [1.54, 1.807) is 12.1 Å². The van der Waals surface area contributed by atoms with E-state index < -0.39 is 11.3 Å². The number of benzene rings is 1. The van der Waals surface area contributed by atoms with Gasteiger partial charge >= 0.3 is 5.91 Å². The van der Waals surface area contributed by atoms with Crippen molar-refractivity contribution < 1.29 is 14.0 Å². The molecule has 0 atom stereocenters. The molecular weight excluding hydrogens is 360 g/mol. The zero-order chi connectivity index (χ0) is 16.3. The Morgan fingerprint density at radius 2 is 1.74 bits per heavy atom. The van der Waals surface area contributed by atoms with E-state index in [0.29, 0.717) is 0 Å². The van der Waals surface area contributed by atoms with Crippen LogP contribution in [0.2, 0.25) is 0 Å². The van der Waals surface area contributed by atoms with Crippen LogP contribution in [0.4, 0.5) is 0 Å². The lowest BCUT2D eigenvalue weighted by Crippen LogP contribution is -2.50. The highest BCUT2D eigenvalue weighted by molar-refractivity contribution is 9.10. The highest BCUT2D eigenvalue weighted by Crippen LogP contribution is 2.41. The Morgan fingerprint density at radius 1 is 1.04 bits per heavy atom. The van der Waals surface area contributed by atoms with Gasteiger partial charge in [0.2, 0.25) is 5.91 Å². The molecule has 1 aromatic carbocycles. The Balaban J connectivity index is 1.74. The molecule has 0 spiro atoms. The first kappa shape index (κ1) is 15.8. The number of rotatable bonds is 3. The highest BCUT2D eigenvalue weighted by atomic mass is 79.9. The molecule has 1 aromatic heterocycles. The fourth-order valence-electron chi connectivity index (χ4n) is 3.10. The van der Waals surface area contributed by atoms with Crippen LogP contribution in [0.1, 0.15) is 41.8 Å². The third-order valence-corrected chi connectivity index (χ3v) is 4.85. The molecule has 1 aliphatic carbocycles. The molecule has 0 aliphatic heterocycles. The minimum absolute atomic E-state index is 0.161. The quantitative estimate of drug-likeness (QED) is 0.807. The van der Waals surface area contributed by atoms with Crippen molar-refractivity contribution in [1.82, 2.24) is 10.9 Å². The van der Waals surface area contributed by atoms with Crippen molar-refractivity contribution in [3.63, 3.8) is 0 Å². The maximum Gasteiger partial charge on any atom is 0.305 e. The molecule has 2 amide bonds. The smallest absolute Gasteiger partial charge is 0.305 e. The lowest BCUT2D eigenvalue weighted by molar-refractivity contribution is -0.127. The largest absolute Gasteiger partial charge is 0.459 e. The lowest BCUT2D eigenvalue weighted by atomic mass is 9.78. The maximum atomic E-state index is 12.8.